The number of benzene rings is 3. The van der Waals surface area contributed by atoms with Crippen LogP contribution in [0.1, 0.15) is 64.9 Å². The van der Waals surface area contributed by atoms with Crippen molar-refractivity contribution in [3.05, 3.63) is 93.0 Å². The molecule has 31 heavy (non-hydrogen) atoms. The highest BCUT2D eigenvalue weighted by atomic mass is 79.9. The van der Waals surface area contributed by atoms with E-state index in [2.05, 4.69) is 35.8 Å². The Balaban J connectivity index is 1.82. The Morgan fingerprint density at radius 1 is 1.06 bits per heavy atom. The number of carbonyl (C=O) groups excluding carboxylic acids is 1. The van der Waals surface area contributed by atoms with Crippen molar-refractivity contribution in [3.8, 4) is 17.6 Å². The van der Waals surface area contributed by atoms with Gasteiger partial charge in [-0.2, -0.15) is 5.26 Å². The zero-order valence-electron chi connectivity index (χ0n) is 17.4. The summed E-state index contributed by atoms with van der Waals surface area (Å²) in [4.78, 5) is 12.4. The van der Waals surface area contributed by atoms with E-state index in [0.29, 0.717) is 35.7 Å². The molecule has 3 aromatic rings. The summed E-state index contributed by atoms with van der Waals surface area (Å²) in [5, 5.41) is 9.16. The van der Waals surface area contributed by atoms with Crippen molar-refractivity contribution in [2.75, 3.05) is 6.61 Å². The fraction of sp³-hybridized carbons (Fsp3) is 0.231. The molecule has 4 nitrogen and oxygen atoms in total. The van der Waals surface area contributed by atoms with Crippen LogP contribution in [0.2, 0.25) is 0 Å². The summed E-state index contributed by atoms with van der Waals surface area (Å²) in [6.45, 7) is 4.53. The van der Waals surface area contributed by atoms with Crippen LogP contribution in [0.4, 0.5) is 0 Å². The Morgan fingerprint density at radius 3 is 2.52 bits per heavy atom. The number of ketones is 1. The van der Waals surface area contributed by atoms with Crippen molar-refractivity contribution in [3.63, 3.8) is 0 Å². The van der Waals surface area contributed by atoms with E-state index < -0.39 is 0 Å². The standard InChI is InChI=1S/C26H22BrNO3/c1-16(2)24-23(11-10-21-22(29)12-13-30-26(21)24)31-25(19-4-3-5-20(27)14-19)18-8-6-17(15-28)7-9-18/h3-11,14,16,25H,12-13H2,1-2H3/t25-/m1/s1. The van der Waals surface area contributed by atoms with E-state index in [4.69, 9.17) is 14.7 Å². The number of Topliss-reactive ketones (excluding diaryl/α,β-unsaturated/α-hetero) is 1. The van der Waals surface area contributed by atoms with Gasteiger partial charge in [-0.3, -0.25) is 4.79 Å². The van der Waals surface area contributed by atoms with Gasteiger partial charge in [-0.15, -0.1) is 0 Å². The summed E-state index contributed by atoms with van der Waals surface area (Å²) < 4.78 is 13.5. The van der Waals surface area contributed by atoms with Crippen LogP contribution in [0.3, 0.4) is 0 Å². The predicted octanol–water partition coefficient (Wildman–Crippen LogP) is 6.58. The number of hydrogen-bond donors (Lipinski definition) is 0. The zero-order valence-corrected chi connectivity index (χ0v) is 19.0. The Hall–Kier alpha value is -3.10. The third kappa shape index (κ3) is 4.35. The molecule has 4 rings (SSSR count). The molecular formula is C26H22BrNO3. The van der Waals surface area contributed by atoms with Crippen LogP contribution >= 0.6 is 15.9 Å². The molecule has 1 aliphatic heterocycles. The van der Waals surface area contributed by atoms with E-state index in [1.54, 1.807) is 18.2 Å². The van der Waals surface area contributed by atoms with E-state index in [0.717, 1.165) is 21.2 Å². The minimum absolute atomic E-state index is 0.102. The number of hydrogen-bond acceptors (Lipinski definition) is 4. The lowest BCUT2D eigenvalue weighted by molar-refractivity contribution is 0.0931. The lowest BCUT2D eigenvalue weighted by Crippen LogP contribution is -2.18. The maximum absolute atomic E-state index is 12.4. The summed E-state index contributed by atoms with van der Waals surface area (Å²) in [5.41, 5.74) is 4.03. The summed E-state index contributed by atoms with van der Waals surface area (Å²) in [6.07, 6.45) is 0.0106. The average Bonchev–Trinajstić information content (AvgIpc) is 2.77. The molecule has 0 fully saturated rings. The Morgan fingerprint density at radius 2 is 1.84 bits per heavy atom. The first-order valence-corrected chi connectivity index (χ1v) is 11.0. The maximum Gasteiger partial charge on any atom is 0.170 e. The number of fused-ring (bicyclic) bond motifs is 1. The second kappa shape index (κ2) is 8.95. The van der Waals surface area contributed by atoms with Crippen LogP contribution < -0.4 is 9.47 Å². The SMILES string of the molecule is CC(C)c1c(O[C@H](c2ccc(C#N)cc2)c2cccc(Br)c2)ccc2c1OCCC2=O. The first kappa shape index (κ1) is 21.1. The number of nitrogens with zero attached hydrogens (tertiary/aromatic N) is 1. The molecule has 0 N–H and O–H groups in total. The smallest absolute Gasteiger partial charge is 0.170 e. The van der Waals surface area contributed by atoms with Crippen LogP contribution in [-0.2, 0) is 0 Å². The highest BCUT2D eigenvalue weighted by molar-refractivity contribution is 9.10. The second-order valence-corrected chi connectivity index (χ2v) is 8.73. The second-order valence-electron chi connectivity index (χ2n) is 7.82. The molecule has 0 amide bonds. The number of nitriles is 1. The molecule has 0 unspecified atom stereocenters. The van der Waals surface area contributed by atoms with Crippen LogP contribution in [0.15, 0.2) is 65.1 Å². The van der Waals surface area contributed by atoms with Crippen LogP contribution in [-0.4, -0.2) is 12.4 Å². The van der Waals surface area contributed by atoms with E-state index in [1.165, 1.54) is 0 Å². The highest BCUT2D eigenvalue weighted by Crippen LogP contribution is 2.42. The molecule has 5 heteroatoms. The number of carbonyl (C=O) groups is 1. The third-order valence-electron chi connectivity index (χ3n) is 5.35. The highest BCUT2D eigenvalue weighted by Gasteiger charge is 2.27. The fourth-order valence-corrected chi connectivity index (χ4v) is 4.26. The predicted molar refractivity (Wildman–Crippen MR) is 123 cm³/mol. The van der Waals surface area contributed by atoms with Crippen molar-refractivity contribution in [2.45, 2.75) is 32.3 Å². The van der Waals surface area contributed by atoms with Gasteiger partial charge in [0.15, 0.2) is 5.78 Å². The normalized spacial score (nSPS) is 13.8. The molecule has 0 bridgehead atoms. The van der Waals surface area contributed by atoms with Gasteiger partial charge in [0.05, 0.1) is 23.8 Å². The summed E-state index contributed by atoms with van der Waals surface area (Å²) >= 11 is 3.55. The summed E-state index contributed by atoms with van der Waals surface area (Å²) in [5.74, 6) is 1.54. The first-order chi connectivity index (χ1) is 15.0. The number of ether oxygens (including phenoxy) is 2. The molecule has 0 aliphatic carbocycles. The van der Waals surface area contributed by atoms with Crippen LogP contribution in [0.5, 0.6) is 11.5 Å². The Kier molecular flexibility index (Phi) is 6.11. The van der Waals surface area contributed by atoms with Crippen LogP contribution in [0.25, 0.3) is 0 Å². The lowest BCUT2D eigenvalue weighted by Gasteiger charge is -2.27. The third-order valence-corrected chi connectivity index (χ3v) is 5.84. The fourth-order valence-electron chi connectivity index (χ4n) is 3.84. The summed E-state index contributed by atoms with van der Waals surface area (Å²) in [6, 6.07) is 21.2. The molecule has 1 heterocycles. The molecule has 0 spiro atoms. The van der Waals surface area contributed by atoms with E-state index in [-0.39, 0.29) is 17.8 Å². The van der Waals surface area contributed by atoms with Gasteiger partial charge in [0.2, 0.25) is 0 Å². The minimum Gasteiger partial charge on any atom is -0.492 e. The van der Waals surface area contributed by atoms with E-state index >= 15 is 0 Å². The van der Waals surface area contributed by atoms with Gasteiger partial charge in [0.1, 0.15) is 17.6 Å². The molecule has 0 saturated carbocycles. The van der Waals surface area contributed by atoms with Gasteiger partial charge in [-0.1, -0.05) is 54.0 Å². The minimum atomic E-state index is -0.389. The quantitative estimate of drug-likeness (QED) is 0.418. The van der Waals surface area contributed by atoms with Crippen molar-refractivity contribution in [1.82, 2.24) is 0 Å². The Bertz CT molecular complexity index is 1160. The van der Waals surface area contributed by atoms with Gasteiger partial charge in [-0.05, 0) is 53.4 Å². The molecule has 0 saturated heterocycles. The summed E-state index contributed by atoms with van der Waals surface area (Å²) in [7, 11) is 0. The van der Waals surface area contributed by atoms with Gasteiger partial charge < -0.3 is 9.47 Å². The van der Waals surface area contributed by atoms with Crippen LogP contribution in [0, 0.1) is 11.3 Å². The molecule has 0 aromatic heterocycles. The van der Waals surface area contributed by atoms with E-state index in [1.807, 2.05) is 42.5 Å². The maximum atomic E-state index is 12.4. The molecular weight excluding hydrogens is 454 g/mol. The van der Waals surface area contributed by atoms with Crippen molar-refractivity contribution < 1.29 is 14.3 Å². The van der Waals surface area contributed by atoms with Gasteiger partial charge in [0.25, 0.3) is 0 Å². The van der Waals surface area contributed by atoms with Gasteiger partial charge in [0, 0.05) is 16.5 Å². The topological polar surface area (TPSA) is 59.3 Å². The Labute approximate surface area is 190 Å². The van der Waals surface area contributed by atoms with Crippen molar-refractivity contribution >= 4 is 21.7 Å². The lowest BCUT2D eigenvalue weighted by atomic mass is 9.93. The molecule has 1 atom stereocenters. The average molecular weight is 476 g/mol. The molecule has 156 valence electrons. The monoisotopic (exact) mass is 475 g/mol. The number of rotatable bonds is 5. The largest absolute Gasteiger partial charge is 0.492 e. The number of halogens is 1. The van der Waals surface area contributed by atoms with E-state index in [9.17, 15) is 4.79 Å². The molecule has 1 aliphatic rings. The molecule has 0 radical (unpaired) electrons. The van der Waals surface area contributed by atoms with Crippen molar-refractivity contribution in [2.24, 2.45) is 0 Å². The zero-order chi connectivity index (χ0) is 22.0. The van der Waals surface area contributed by atoms with Gasteiger partial charge in [-0.25, -0.2) is 0 Å². The molecule has 3 aromatic carbocycles. The van der Waals surface area contributed by atoms with Gasteiger partial charge >= 0.3 is 0 Å². The first-order valence-electron chi connectivity index (χ1n) is 10.2. The van der Waals surface area contributed by atoms with Crippen molar-refractivity contribution in [1.29, 1.82) is 5.26 Å².